The Bertz CT molecular complexity index is 398. The number of allylic oxidation sites excluding steroid dienone is 2. The Balaban J connectivity index is 1.63. The van der Waals surface area contributed by atoms with Crippen LogP contribution in [0.15, 0.2) is 11.6 Å². The molecule has 0 aromatic heterocycles. The average molecular weight is 260 g/mol. The maximum atomic E-state index is 10.4. The van der Waals surface area contributed by atoms with Crippen molar-refractivity contribution in [3.63, 3.8) is 0 Å². The molecule has 0 saturated heterocycles. The Morgan fingerprint density at radius 2 is 2.00 bits per heavy atom. The zero-order valence-corrected chi connectivity index (χ0v) is 12.3. The lowest BCUT2D eigenvalue weighted by Crippen LogP contribution is -2.47. The van der Waals surface area contributed by atoms with Gasteiger partial charge in [-0.3, -0.25) is 0 Å². The van der Waals surface area contributed by atoms with Crippen LogP contribution in [-0.4, -0.2) is 11.2 Å². The first kappa shape index (κ1) is 12.4. The fourth-order valence-electron chi connectivity index (χ4n) is 6.28. The van der Waals surface area contributed by atoms with E-state index in [1.54, 1.807) is 0 Å². The summed E-state index contributed by atoms with van der Waals surface area (Å²) >= 11 is 0. The van der Waals surface area contributed by atoms with E-state index in [1.165, 1.54) is 51.4 Å². The van der Waals surface area contributed by atoms with E-state index < -0.39 is 0 Å². The van der Waals surface area contributed by atoms with Gasteiger partial charge < -0.3 is 5.11 Å². The monoisotopic (exact) mass is 260 g/mol. The zero-order valence-electron chi connectivity index (χ0n) is 12.3. The Morgan fingerprint density at radius 3 is 2.89 bits per heavy atom. The molecule has 0 aromatic rings. The van der Waals surface area contributed by atoms with Gasteiger partial charge in [-0.05, 0) is 86.9 Å². The van der Waals surface area contributed by atoms with Gasteiger partial charge in [-0.1, -0.05) is 18.6 Å². The first-order valence-corrected chi connectivity index (χ1v) is 8.57. The van der Waals surface area contributed by atoms with Crippen molar-refractivity contribution in [2.45, 2.75) is 70.8 Å². The van der Waals surface area contributed by atoms with E-state index in [2.05, 4.69) is 13.0 Å². The highest BCUT2D eigenvalue weighted by Gasteiger charge is 2.55. The molecule has 3 saturated carbocycles. The van der Waals surface area contributed by atoms with Crippen LogP contribution in [0.5, 0.6) is 0 Å². The van der Waals surface area contributed by atoms with Crippen LogP contribution >= 0.6 is 0 Å². The predicted octanol–water partition coefficient (Wildman–Crippen LogP) is 4.31. The van der Waals surface area contributed by atoms with Gasteiger partial charge in [0.2, 0.25) is 0 Å². The quantitative estimate of drug-likeness (QED) is 0.643. The van der Waals surface area contributed by atoms with Crippen molar-refractivity contribution in [3.05, 3.63) is 11.6 Å². The van der Waals surface area contributed by atoms with Crippen LogP contribution in [0, 0.1) is 29.1 Å². The Kier molecular flexibility index (Phi) is 2.85. The number of fused-ring (bicyclic) bond motifs is 5. The molecule has 4 aliphatic carbocycles. The molecule has 0 aliphatic heterocycles. The summed E-state index contributed by atoms with van der Waals surface area (Å²) in [5.74, 6) is 3.64. The van der Waals surface area contributed by atoms with Crippen LogP contribution in [0.4, 0.5) is 0 Å². The van der Waals surface area contributed by atoms with Crippen molar-refractivity contribution < 1.29 is 5.11 Å². The molecule has 4 aliphatic rings. The molecule has 0 amide bonds. The highest BCUT2D eigenvalue weighted by Crippen LogP contribution is 2.61. The predicted molar refractivity (Wildman–Crippen MR) is 77.7 cm³/mol. The molecule has 0 heterocycles. The minimum atomic E-state index is -0.0123. The summed E-state index contributed by atoms with van der Waals surface area (Å²) in [5, 5.41) is 10.4. The zero-order chi connectivity index (χ0) is 13.0. The first-order valence-electron chi connectivity index (χ1n) is 8.57. The molecule has 1 N–H and O–H groups in total. The summed E-state index contributed by atoms with van der Waals surface area (Å²) in [7, 11) is 0. The molecule has 4 rings (SSSR count). The number of rotatable bonds is 0. The number of aliphatic hydroxyl groups excluding tert-OH is 1. The smallest absolute Gasteiger partial charge is 0.0596 e. The molecule has 6 atom stereocenters. The van der Waals surface area contributed by atoms with E-state index in [0.29, 0.717) is 0 Å². The van der Waals surface area contributed by atoms with Crippen LogP contribution in [0.25, 0.3) is 0 Å². The molecule has 3 fully saturated rings. The van der Waals surface area contributed by atoms with Crippen molar-refractivity contribution >= 4 is 0 Å². The lowest BCUT2D eigenvalue weighted by atomic mass is 9.52. The second kappa shape index (κ2) is 4.35. The molecule has 1 heteroatoms. The molecule has 0 unspecified atom stereocenters. The largest absolute Gasteiger partial charge is 0.393 e. The number of hydrogen-bond donors (Lipinski definition) is 1. The molecule has 106 valence electrons. The van der Waals surface area contributed by atoms with Crippen molar-refractivity contribution in [3.8, 4) is 0 Å². The van der Waals surface area contributed by atoms with Crippen molar-refractivity contribution in [2.24, 2.45) is 29.1 Å². The third-order valence-electron chi connectivity index (χ3n) is 7.33. The van der Waals surface area contributed by atoms with E-state index in [4.69, 9.17) is 0 Å². The van der Waals surface area contributed by atoms with Gasteiger partial charge in [0.1, 0.15) is 0 Å². The highest BCUT2D eigenvalue weighted by molar-refractivity contribution is 5.18. The van der Waals surface area contributed by atoms with E-state index >= 15 is 0 Å². The topological polar surface area (TPSA) is 20.2 Å². The van der Waals surface area contributed by atoms with E-state index in [9.17, 15) is 5.11 Å². The van der Waals surface area contributed by atoms with Gasteiger partial charge in [0, 0.05) is 0 Å². The number of hydrogen-bond acceptors (Lipinski definition) is 1. The summed E-state index contributed by atoms with van der Waals surface area (Å²) in [5.41, 5.74) is 2.08. The SMILES string of the molecule is C[C@@]12CC[C@H]3[C@H](CCC4=CCCC[C@H]43)[C@@H]1CC[C@@H]2O. The lowest BCUT2D eigenvalue weighted by molar-refractivity contribution is -0.0533. The minimum absolute atomic E-state index is 0.0123. The van der Waals surface area contributed by atoms with Gasteiger partial charge in [0.15, 0.2) is 0 Å². The first-order chi connectivity index (χ1) is 9.20. The second-order valence-electron chi connectivity index (χ2n) is 7.93. The van der Waals surface area contributed by atoms with Crippen molar-refractivity contribution in [1.29, 1.82) is 0 Å². The van der Waals surface area contributed by atoms with E-state index in [1.807, 2.05) is 5.57 Å². The van der Waals surface area contributed by atoms with Crippen LogP contribution in [0.3, 0.4) is 0 Å². The van der Waals surface area contributed by atoms with Gasteiger partial charge in [0.05, 0.1) is 6.10 Å². The highest BCUT2D eigenvalue weighted by atomic mass is 16.3. The molecule has 19 heavy (non-hydrogen) atoms. The van der Waals surface area contributed by atoms with Gasteiger partial charge in [-0.15, -0.1) is 0 Å². The second-order valence-corrected chi connectivity index (χ2v) is 7.93. The fraction of sp³-hybridized carbons (Fsp3) is 0.889. The van der Waals surface area contributed by atoms with Crippen LogP contribution in [0.2, 0.25) is 0 Å². The fourth-order valence-corrected chi connectivity index (χ4v) is 6.28. The summed E-state index contributed by atoms with van der Waals surface area (Å²) in [6, 6.07) is 0. The van der Waals surface area contributed by atoms with Crippen LogP contribution in [0.1, 0.15) is 64.7 Å². The van der Waals surface area contributed by atoms with Gasteiger partial charge in [-0.25, -0.2) is 0 Å². The molecular weight excluding hydrogens is 232 g/mol. The summed E-state index contributed by atoms with van der Waals surface area (Å²) < 4.78 is 0. The Labute approximate surface area is 117 Å². The normalized spacial score (nSPS) is 52.9. The maximum absolute atomic E-state index is 10.4. The van der Waals surface area contributed by atoms with Crippen LogP contribution in [-0.2, 0) is 0 Å². The molecule has 1 nitrogen and oxygen atoms in total. The third kappa shape index (κ3) is 1.70. The molecule has 0 aromatic carbocycles. The minimum Gasteiger partial charge on any atom is -0.393 e. The molecule has 0 radical (unpaired) electrons. The maximum Gasteiger partial charge on any atom is 0.0596 e. The van der Waals surface area contributed by atoms with Crippen molar-refractivity contribution in [1.82, 2.24) is 0 Å². The molecular formula is C18H28O. The van der Waals surface area contributed by atoms with Crippen LogP contribution < -0.4 is 0 Å². The Hall–Kier alpha value is -0.300. The van der Waals surface area contributed by atoms with E-state index in [0.717, 1.165) is 30.1 Å². The van der Waals surface area contributed by atoms with Gasteiger partial charge >= 0.3 is 0 Å². The summed E-state index contributed by atoms with van der Waals surface area (Å²) in [4.78, 5) is 0. The lowest BCUT2D eigenvalue weighted by Gasteiger charge is -2.53. The number of aliphatic hydroxyl groups is 1. The summed E-state index contributed by atoms with van der Waals surface area (Å²) in [6.07, 6.45) is 14.6. The third-order valence-corrected chi connectivity index (χ3v) is 7.33. The van der Waals surface area contributed by atoms with E-state index in [-0.39, 0.29) is 11.5 Å². The molecule has 0 spiro atoms. The standard InChI is InChI=1S/C18H28O/c1-18-11-10-14-13-5-3-2-4-12(13)6-7-15(14)16(18)8-9-17(18)19/h4,13-17,19H,2-3,5-11H2,1H3/t13-,14-,15+,16+,17+,18-/m1/s1. The average Bonchev–Trinajstić information content (AvgIpc) is 2.75. The Morgan fingerprint density at radius 1 is 1.11 bits per heavy atom. The molecule has 0 bridgehead atoms. The van der Waals surface area contributed by atoms with Gasteiger partial charge in [0.25, 0.3) is 0 Å². The summed E-state index contributed by atoms with van der Waals surface area (Å²) in [6.45, 7) is 2.39. The van der Waals surface area contributed by atoms with Gasteiger partial charge in [-0.2, -0.15) is 0 Å². The van der Waals surface area contributed by atoms with Crippen molar-refractivity contribution in [2.75, 3.05) is 0 Å².